The Labute approximate surface area is 110 Å². The van der Waals surface area contributed by atoms with Crippen LogP contribution in [0.2, 0.25) is 0 Å². The van der Waals surface area contributed by atoms with Crippen LogP contribution in [0.4, 0.5) is 12.9 Å². The third-order valence-electron chi connectivity index (χ3n) is 3.04. The van der Waals surface area contributed by atoms with Crippen LogP contribution in [-0.4, -0.2) is 51.3 Å². The molecular weight excluding hydrogens is 258 g/mol. The molecule has 0 unspecified atom stereocenters. The molecule has 0 saturated carbocycles. The summed E-state index contributed by atoms with van der Waals surface area (Å²) >= 11 is 0. The summed E-state index contributed by atoms with van der Waals surface area (Å²) < 4.78 is 47.9. The third-order valence-corrected chi connectivity index (χ3v) is 3.04. The largest absolute Gasteiger partial charge is 0.509 e. The van der Waals surface area contributed by atoms with Crippen molar-refractivity contribution in [1.82, 2.24) is 4.90 Å². The molecule has 1 fully saturated rings. The zero-order valence-electron chi connectivity index (χ0n) is 10.5. The van der Waals surface area contributed by atoms with Gasteiger partial charge in [0.1, 0.15) is 12.4 Å². The number of ether oxygens (including phenoxy) is 2. The maximum Gasteiger partial charge on any atom is 0.509 e. The first kappa shape index (κ1) is 14.2. The number of morpholine rings is 1. The topological polar surface area (TPSA) is 21.7 Å². The van der Waals surface area contributed by atoms with E-state index in [0.29, 0.717) is 12.4 Å². The second-order valence-corrected chi connectivity index (χ2v) is 4.45. The molecular formula is C12H16BF3NO2-. The number of hydrogen-bond donors (Lipinski definition) is 0. The Morgan fingerprint density at radius 1 is 1.11 bits per heavy atom. The second-order valence-electron chi connectivity index (χ2n) is 4.45. The minimum atomic E-state index is -4.93. The van der Waals surface area contributed by atoms with Crippen molar-refractivity contribution >= 4 is 12.4 Å². The van der Waals surface area contributed by atoms with Gasteiger partial charge in [0, 0.05) is 19.6 Å². The lowest BCUT2D eigenvalue weighted by molar-refractivity contribution is 0.0322. The molecule has 106 valence electrons. The van der Waals surface area contributed by atoms with Gasteiger partial charge in [-0.3, -0.25) is 4.90 Å². The van der Waals surface area contributed by atoms with Crippen LogP contribution >= 0.6 is 0 Å². The predicted molar refractivity (Wildman–Crippen MR) is 67.9 cm³/mol. The van der Waals surface area contributed by atoms with Crippen molar-refractivity contribution in [1.29, 1.82) is 0 Å². The van der Waals surface area contributed by atoms with E-state index in [2.05, 4.69) is 4.90 Å². The van der Waals surface area contributed by atoms with Gasteiger partial charge in [-0.15, -0.1) is 5.46 Å². The van der Waals surface area contributed by atoms with Gasteiger partial charge in [0.05, 0.1) is 13.2 Å². The van der Waals surface area contributed by atoms with Crippen LogP contribution in [0.5, 0.6) is 5.75 Å². The van der Waals surface area contributed by atoms with Gasteiger partial charge in [-0.2, -0.15) is 0 Å². The van der Waals surface area contributed by atoms with E-state index in [1.165, 1.54) is 12.1 Å². The Kier molecular flexibility index (Phi) is 4.71. The van der Waals surface area contributed by atoms with Crippen molar-refractivity contribution in [2.45, 2.75) is 0 Å². The smallest absolute Gasteiger partial charge is 0.492 e. The summed E-state index contributed by atoms with van der Waals surface area (Å²) in [5.74, 6) is 0.469. The molecule has 0 aromatic heterocycles. The zero-order chi connectivity index (χ0) is 13.7. The number of hydrogen-bond acceptors (Lipinski definition) is 3. The van der Waals surface area contributed by atoms with Gasteiger partial charge in [0.25, 0.3) is 0 Å². The average molecular weight is 274 g/mol. The first-order valence-electron chi connectivity index (χ1n) is 6.28. The number of halogens is 3. The minimum Gasteiger partial charge on any atom is -0.492 e. The van der Waals surface area contributed by atoms with E-state index in [9.17, 15) is 12.9 Å². The van der Waals surface area contributed by atoms with Crippen molar-refractivity contribution in [3.63, 3.8) is 0 Å². The van der Waals surface area contributed by atoms with Crippen molar-refractivity contribution < 1.29 is 22.4 Å². The van der Waals surface area contributed by atoms with Crippen LogP contribution in [0.25, 0.3) is 0 Å². The Balaban J connectivity index is 1.76. The van der Waals surface area contributed by atoms with E-state index in [-0.39, 0.29) is 0 Å². The van der Waals surface area contributed by atoms with Crippen molar-refractivity contribution in [2.24, 2.45) is 0 Å². The van der Waals surface area contributed by atoms with Crippen molar-refractivity contribution in [2.75, 3.05) is 39.5 Å². The van der Waals surface area contributed by atoms with Gasteiger partial charge in [-0.1, -0.05) is 12.1 Å². The third kappa shape index (κ3) is 4.43. The van der Waals surface area contributed by atoms with Crippen LogP contribution in [0.15, 0.2) is 24.3 Å². The SMILES string of the molecule is F[B-](F)(F)c1ccc(OCCN2CCOCC2)cc1. The van der Waals surface area contributed by atoms with E-state index >= 15 is 0 Å². The van der Waals surface area contributed by atoms with Crippen LogP contribution < -0.4 is 10.2 Å². The standard InChI is InChI=1S/C12H16BF3NO2/c14-13(15,16)11-1-3-12(4-2-11)19-10-7-17-5-8-18-9-6-17/h1-4H,5-10H2/q-1. The fraction of sp³-hybridized carbons (Fsp3) is 0.500. The first-order valence-corrected chi connectivity index (χ1v) is 6.28. The summed E-state index contributed by atoms with van der Waals surface area (Å²) in [6, 6.07) is 4.85. The lowest BCUT2D eigenvalue weighted by Crippen LogP contribution is -2.38. The lowest BCUT2D eigenvalue weighted by atomic mass is 9.80. The molecule has 1 aliphatic heterocycles. The number of nitrogens with zero attached hydrogens (tertiary/aromatic N) is 1. The second kappa shape index (κ2) is 6.30. The molecule has 0 radical (unpaired) electrons. The van der Waals surface area contributed by atoms with E-state index in [4.69, 9.17) is 9.47 Å². The van der Waals surface area contributed by atoms with E-state index in [0.717, 1.165) is 45.0 Å². The molecule has 2 rings (SSSR count). The average Bonchev–Trinajstić information content (AvgIpc) is 2.39. The van der Waals surface area contributed by atoms with Crippen LogP contribution in [0, 0.1) is 0 Å². The Morgan fingerprint density at radius 3 is 2.32 bits per heavy atom. The van der Waals surface area contributed by atoms with Crippen LogP contribution in [0.3, 0.4) is 0 Å². The fourth-order valence-corrected chi connectivity index (χ4v) is 1.90. The quantitative estimate of drug-likeness (QED) is 0.759. The normalized spacial score (nSPS) is 17.4. The summed E-state index contributed by atoms with van der Waals surface area (Å²) in [6.45, 7) is -0.502. The van der Waals surface area contributed by atoms with E-state index in [1.54, 1.807) is 0 Å². The van der Waals surface area contributed by atoms with Crippen LogP contribution in [0.1, 0.15) is 0 Å². The molecule has 1 heterocycles. The van der Waals surface area contributed by atoms with Gasteiger partial charge >= 0.3 is 6.98 Å². The molecule has 7 heteroatoms. The van der Waals surface area contributed by atoms with E-state index < -0.39 is 12.4 Å². The molecule has 3 nitrogen and oxygen atoms in total. The molecule has 0 aliphatic carbocycles. The Hall–Kier alpha value is -1.21. The molecule has 1 saturated heterocycles. The van der Waals surface area contributed by atoms with Crippen molar-refractivity contribution in [3.05, 3.63) is 24.3 Å². The maximum atomic E-state index is 12.4. The molecule has 0 amide bonds. The highest BCUT2D eigenvalue weighted by molar-refractivity contribution is 6.73. The molecule has 0 atom stereocenters. The van der Waals surface area contributed by atoms with Gasteiger partial charge < -0.3 is 22.4 Å². The fourth-order valence-electron chi connectivity index (χ4n) is 1.90. The Morgan fingerprint density at radius 2 is 1.74 bits per heavy atom. The van der Waals surface area contributed by atoms with E-state index in [1.807, 2.05) is 0 Å². The number of benzene rings is 1. The highest BCUT2D eigenvalue weighted by Gasteiger charge is 2.24. The van der Waals surface area contributed by atoms with Crippen molar-refractivity contribution in [3.8, 4) is 5.75 Å². The number of rotatable bonds is 5. The Bertz CT molecular complexity index is 391. The monoisotopic (exact) mass is 274 g/mol. The summed E-state index contributed by atoms with van der Waals surface area (Å²) in [4.78, 5) is 2.21. The predicted octanol–water partition coefficient (Wildman–Crippen LogP) is 1.45. The summed E-state index contributed by atoms with van der Waals surface area (Å²) in [5, 5.41) is 0. The molecule has 0 N–H and O–H groups in total. The van der Waals surface area contributed by atoms with Gasteiger partial charge in [-0.05, 0) is 12.1 Å². The maximum absolute atomic E-state index is 12.4. The first-order chi connectivity index (χ1) is 9.05. The molecule has 1 aromatic rings. The van der Waals surface area contributed by atoms with Gasteiger partial charge in [-0.25, -0.2) is 0 Å². The minimum absolute atomic E-state index is 0.469. The molecule has 0 spiro atoms. The summed E-state index contributed by atoms with van der Waals surface area (Å²) in [7, 11) is 0. The summed E-state index contributed by atoms with van der Waals surface area (Å²) in [6.07, 6.45) is 0. The molecule has 1 aromatic carbocycles. The molecule has 0 bridgehead atoms. The van der Waals surface area contributed by atoms with Crippen LogP contribution in [-0.2, 0) is 4.74 Å². The van der Waals surface area contributed by atoms with Gasteiger partial charge in [0.15, 0.2) is 0 Å². The molecule has 1 aliphatic rings. The highest BCUT2D eigenvalue weighted by atomic mass is 19.4. The lowest BCUT2D eigenvalue weighted by Gasteiger charge is -2.26. The summed E-state index contributed by atoms with van der Waals surface area (Å²) in [5.41, 5.74) is -0.597. The molecule has 19 heavy (non-hydrogen) atoms. The van der Waals surface area contributed by atoms with Gasteiger partial charge in [0.2, 0.25) is 0 Å². The zero-order valence-corrected chi connectivity index (χ0v) is 10.5. The highest BCUT2D eigenvalue weighted by Crippen LogP contribution is 2.13.